The van der Waals surface area contributed by atoms with Crippen LogP contribution in [0.15, 0.2) is 22.9 Å². The molecular formula is C10H15BrN2O. The molecule has 0 amide bonds. The molecule has 1 aromatic rings. The molecule has 4 heteroatoms. The van der Waals surface area contributed by atoms with E-state index in [1.807, 2.05) is 26.0 Å². The SMILES string of the molecule is CC(C)(CO)C(N)c1ccnc(Br)c1. The summed E-state index contributed by atoms with van der Waals surface area (Å²) in [4.78, 5) is 4.03. The fourth-order valence-electron chi connectivity index (χ4n) is 1.16. The Bertz CT molecular complexity index is 315. The minimum atomic E-state index is -0.319. The molecule has 0 spiro atoms. The molecule has 0 saturated carbocycles. The number of aromatic nitrogens is 1. The van der Waals surface area contributed by atoms with Crippen molar-refractivity contribution in [2.75, 3.05) is 6.61 Å². The number of pyridine rings is 1. The van der Waals surface area contributed by atoms with E-state index in [0.29, 0.717) is 0 Å². The van der Waals surface area contributed by atoms with Crippen molar-refractivity contribution < 1.29 is 5.11 Å². The van der Waals surface area contributed by atoms with E-state index >= 15 is 0 Å². The third kappa shape index (κ3) is 2.53. The zero-order valence-corrected chi connectivity index (χ0v) is 9.95. The molecule has 14 heavy (non-hydrogen) atoms. The number of nitrogens with two attached hydrogens (primary N) is 1. The fourth-order valence-corrected chi connectivity index (χ4v) is 1.54. The zero-order chi connectivity index (χ0) is 10.8. The maximum absolute atomic E-state index is 9.19. The van der Waals surface area contributed by atoms with Gasteiger partial charge in [-0.2, -0.15) is 0 Å². The molecule has 0 saturated heterocycles. The van der Waals surface area contributed by atoms with E-state index in [0.717, 1.165) is 10.2 Å². The summed E-state index contributed by atoms with van der Waals surface area (Å²) in [6.45, 7) is 3.94. The molecule has 1 heterocycles. The van der Waals surface area contributed by atoms with Crippen molar-refractivity contribution in [3.05, 3.63) is 28.5 Å². The predicted molar refractivity (Wildman–Crippen MR) is 59.7 cm³/mol. The van der Waals surface area contributed by atoms with Gasteiger partial charge >= 0.3 is 0 Å². The lowest BCUT2D eigenvalue weighted by atomic mass is 9.82. The molecule has 1 atom stereocenters. The van der Waals surface area contributed by atoms with Crippen LogP contribution in [0.2, 0.25) is 0 Å². The summed E-state index contributed by atoms with van der Waals surface area (Å²) in [6, 6.07) is 3.56. The highest BCUT2D eigenvalue weighted by molar-refractivity contribution is 9.10. The second kappa shape index (κ2) is 4.38. The average Bonchev–Trinajstić information content (AvgIpc) is 2.16. The van der Waals surface area contributed by atoms with Crippen LogP contribution in [0.4, 0.5) is 0 Å². The summed E-state index contributed by atoms with van der Waals surface area (Å²) >= 11 is 3.29. The highest BCUT2D eigenvalue weighted by atomic mass is 79.9. The van der Waals surface area contributed by atoms with Crippen LogP contribution in [0, 0.1) is 5.41 Å². The van der Waals surface area contributed by atoms with Gasteiger partial charge in [-0.25, -0.2) is 4.98 Å². The summed E-state index contributed by atoms with van der Waals surface area (Å²) in [5.41, 5.74) is 6.70. The molecule has 0 fully saturated rings. The number of nitrogens with zero attached hydrogens (tertiary/aromatic N) is 1. The molecule has 0 bridgehead atoms. The van der Waals surface area contributed by atoms with Crippen LogP contribution in [-0.4, -0.2) is 16.7 Å². The first kappa shape index (κ1) is 11.6. The maximum Gasteiger partial charge on any atom is 0.106 e. The van der Waals surface area contributed by atoms with Crippen LogP contribution >= 0.6 is 15.9 Å². The van der Waals surface area contributed by atoms with E-state index in [4.69, 9.17) is 5.73 Å². The van der Waals surface area contributed by atoms with E-state index < -0.39 is 0 Å². The molecule has 1 rings (SSSR count). The molecule has 1 unspecified atom stereocenters. The number of rotatable bonds is 3. The molecule has 78 valence electrons. The second-order valence-corrected chi connectivity index (χ2v) is 4.85. The average molecular weight is 259 g/mol. The van der Waals surface area contributed by atoms with Crippen LogP contribution in [-0.2, 0) is 0 Å². The minimum Gasteiger partial charge on any atom is -0.396 e. The lowest BCUT2D eigenvalue weighted by Gasteiger charge is -2.29. The van der Waals surface area contributed by atoms with Gasteiger partial charge in [-0.3, -0.25) is 0 Å². The normalized spacial score (nSPS) is 14.1. The second-order valence-electron chi connectivity index (χ2n) is 4.04. The van der Waals surface area contributed by atoms with Gasteiger partial charge in [-0.05, 0) is 33.6 Å². The van der Waals surface area contributed by atoms with Crippen LogP contribution < -0.4 is 5.73 Å². The monoisotopic (exact) mass is 258 g/mol. The highest BCUT2D eigenvalue weighted by Gasteiger charge is 2.26. The highest BCUT2D eigenvalue weighted by Crippen LogP contribution is 2.30. The van der Waals surface area contributed by atoms with E-state index in [2.05, 4.69) is 20.9 Å². The van der Waals surface area contributed by atoms with Crippen LogP contribution in [0.1, 0.15) is 25.5 Å². The molecule has 0 radical (unpaired) electrons. The van der Waals surface area contributed by atoms with Gasteiger partial charge in [-0.15, -0.1) is 0 Å². The number of aliphatic hydroxyl groups is 1. The number of halogens is 1. The van der Waals surface area contributed by atoms with Gasteiger partial charge in [0, 0.05) is 24.3 Å². The van der Waals surface area contributed by atoms with Crippen molar-refractivity contribution in [2.45, 2.75) is 19.9 Å². The fraction of sp³-hybridized carbons (Fsp3) is 0.500. The Morgan fingerprint density at radius 2 is 2.29 bits per heavy atom. The summed E-state index contributed by atoms with van der Waals surface area (Å²) in [5, 5.41) is 9.19. The smallest absolute Gasteiger partial charge is 0.106 e. The predicted octanol–water partition coefficient (Wildman–Crippen LogP) is 1.86. The standard InChI is InChI=1S/C10H15BrN2O/c1-10(2,6-14)9(12)7-3-4-13-8(11)5-7/h3-5,9,14H,6,12H2,1-2H3. The largest absolute Gasteiger partial charge is 0.396 e. The first-order valence-electron chi connectivity index (χ1n) is 4.45. The number of aliphatic hydroxyl groups excluding tert-OH is 1. The first-order chi connectivity index (χ1) is 6.47. The third-order valence-electron chi connectivity index (χ3n) is 2.36. The van der Waals surface area contributed by atoms with Gasteiger partial charge in [0.2, 0.25) is 0 Å². The van der Waals surface area contributed by atoms with Crippen LogP contribution in [0.3, 0.4) is 0 Å². The Balaban J connectivity index is 2.94. The van der Waals surface area contributed by atoms with Crippen molar-refractivity contribution in [2.24, 2.45) is 11.1 Å². The lowest BCUT2D eigenvalue weighted by molar-refractivity contribution is 0.132. The molecule has 0 aliphatic rings. The van der Waals surface area contributed by atoms with Gasteiger partial charge < -0.3 is 10.8 Å². The summed E-state index contributed by atoms with van der Waals surface area (Å²) in [5.74, 6) is 0. The Hall–Kier alpha value is -0.450. The molecule has 0 aliphatic heterocycles. The molecule has 1 aromatic heterocycles. The van der Waals surface area contributed by atoms with Gasteiger partial charge in [0.05, 0.1) is 0 Å². The van der Waals surface area contributed by atoms with Gasteiger partial charge in [-0.1, -0.05) is 13.8 Å². The molecular weight excluding hydrogens is 244 g/mol. The Morgan fingerprint density at radius 3 is 2.79 bits per heavy atom. The summed E-state index contributed by atoms with van der Waals surface area (Å²) in [6.07, 6.45) is 1.70. The van der Waals surface area contributed by atoms with Gasteiger partial charge in [0.25, 0.3) is 0 Å². The quantitative estimate of drug-likeness (QED) is 0.814. The number of hydrogen-bond donors (Lipinski definition) is 2. The molecule has 0 aromatic carbocycles. The summed E-state index contributed by atoms with van der Waals surface area (Å²) in [7, 11) is 0. The summed E-state index contributed by atoms with van der Waals surface area (Å²) < 4.78 is 0.763. The van der Waals surface area contributed by atoms with Crippen molar-refractivity contribution in [3.63, 3.8) is 0 Å². The van der Waals surface area contributed by atoms with Crippen LogP contribution in [0.5, 0.6) is 0 Å². The van der Waals surface area contributed by atoms with Crippen molar-refractivity contribution in [1.29, 1.82) is 0 Å². The van der Waals surface area contributed by atoms with E-state index in [1.54, 1.807) is 6.20 Å². The van der Waals surface area contributed by atoms with Crippen molar-refractivity contribution in [1.82, 2.24) is 4.98 Å². The Morgan fingerprint density at radius 1 is 1.64 bits per heavy atom. The van der Waals surface area contributed by atoms with Gasteiger partial charge in [0.15, 0.2) is 0 Å². The third-order valence-corrected chi connectivity index (χ3v) is 2.79. The van der Waals surface area contributed by atoms with Crippen molar-refractivity contribution in [3.8, 4) is 0 Å². The molecule has 0 aliphatic carbocycles. The maximum atomic E-state index is 9.19. The Labute approximate surface area is 92.5 Å². The minimum absolute atomic E-state index is 0.0636. The number of hydrogen-bond acceptors (Lipinski definition) is 3. The van der Waals surface area contributed by atoms with E-state index in [-0.39, 0.29) is 18.1 Å². The van der Waals surface area contributed by atoms with Gasteiger partial charge in [0.1, 0.15) is 4.60 Å². The Kier molecular flexibility index (Phi) is 3.64. The topological polar surface area (TPSA) is 59.1 Å². The van der Waals surface area contributed by atoms with Crippen LogP contribution in [0.25, 0.3) is 0 Å². The van der Waals surface area contributed by atoms with Crippen molar-refractivity contribution >= 4 is 15.9 Å². The zero-order valence-electron chi connectivity index (χ0n) is 8.37. The molecule has 3 N–H and O–H groups in total. The van der Waals surface area contributed by atoms with E-state index in [9.17, 15) is 5.11 Å². The molecule has 3 nitrogen and oxygen atoms in total. The lowest BCUT2D eigenvalue weighted by Crippen LogP contribution is -2.32. The first-order valence-corrected chi connectivity index (χ1v) is 5.24. The van der Waals surface area contributed by atoms with E-state index in [1.165, 1.54) is 0 Å².